The van der Waals surface area contributed by atoms with Crippen LogP contribution in [0.15, 0.2) is 0 Å². The van der Waals surface area contributed by atoms with Crippen LogP contribution in [0.4, 0.5) is 0 Å². The standard InChI is InChI=1S/3H3O4P.Sm/c3*1-5(2,3)4;/h3*(H3,1,2,3,4);/q;;;+3/p-3. The minimum atomic E-state index is -4.89. The topological polar surface area (TPSA) is 242 Å². The fourth-order valence-electron chi connectivity index (χ4n) is 0. The largest absolute Gasteiger partial charge is 3.00 e. The molecule has 0 spiro atoms. The maximum Gasteiger partial charge on any atom is 3.00 e. The summed E-state index contributed by atoms with van der Waals surface area (Å²) in [5, 5.41) is 0. The van der Waals surface area contributed by atoms with Gasteiger partial charge in [-0.25, -0.2) is 0 Å². The van der Waals surface area contributed by atoms with Crippen molar-refractivity contribution in [2.75, 3.05) is 0 Å². The molecule has 0 saturated heterocycles. The maximum atomic E-state index is 8.77. The zero-order valence-corrected chi connectivity index (χ0v) is 12.2. The molecular formula is H6O12P3Sm. The Labute approximate surface area is 121 Å². The van der Waals surface area contributed by atoms with Crippen molar-refractivity contribution in [2.45, 2.75) is 0 Å². The molecule has 0 rings (SSSR count). The third-order valence-corrected chi connectivity index (χ3v) is 0. The van der Waals surface area contributed by atoms with Crippen LogP contribution in [0, 0.1) is 40.4 Å². The molecule has 12 nitrogen and oxygen atoms in total. The van der Waals surface area contributed by atoms with Gasteiger partial charge in [0.25, 0.3) is 23.5 Å². The van der Waals surface area contributed by atoms with Crippen LogP contribution in [0.2, 0.25) is 0 Å². The van der Waals surface area contributed by atoms with E-state index in [0.29, 0.717) is 0 Å². The molecule has 0 heterocycles. The van der Waals surface area contributed by atoms with E-state index in [2.05, 4.69) is 0 Å². The zero-order valence-electron chi connectivity index (χ0n) is 6.88. The van der Waals surface area contributed by atoms with Crippen LogP contribution in [0.5, 0.6) is 0 Å². The number of phosphoric acid groups is 3. The van der Waals surface area contributed by atoms with Gasteiger partial charge >= 0.3 is 40.4 Å². The van der Waals surface area contributed by atoms with Crippen molar-refractivity contribution in [3.05, 3.63) is 0 Å². The molecule has 0 aliphatic heterocycles. The van der Waals surface area contributed by atoms with Crippen LogP contribution >= 0.6 is 23.5 Å². The van der Waals surface area contributed by atoms with Crippen LogP contribution in [-0.2, 0) is 13.7 Å². The second-order valence-electron chi connectivity index (χ2n) is 1.47. The Hall–Kier alpha value is 1.67. The average molecular weight is 441 g/mol. The molecular weight excluding hydrogens is 435 g/mol. The molecule has 0 aromatic carbocycles. The minimum Gasteiger partial charge on any atom is -0.756 e. The minimum absolute atomic E-state index is 0. The van der Waals surface area contributed by atoms with E-state index in [9.17, 15) is 0 Å². The van der Waals surface area contributed by atoms with Crippen molar-refractivity contribution in [1.82, 2.24) is 0 Å². The monoisotopic (exact) mass is 443 g/mol. The van der Waals surface area contributed by atoms with Crippen molar-refractivity contribution in [3.63, 3.8) is 0 Å². The molecule has 0 unspecified atom stereocenters. The number of rotatable bonds is 0. The van der Waals surface area contributed by atoms with E-state index in [0.717, 1.165) is 0 Å². The van der Waals surface area contributed by atoms with E-state index >= 15 is 0 Å². The smallest absolute Gasteiger partial charge is 0.756 e. The molecule has 16 heavy (non-hydrogen) atoms. The Balaban J connectivity index is -0.0000000655. The molecule has 0 amide bonds. The Morgan fingerprint density at radius 3 is 0.562 bits per heavy atom. The second kappa shape index (κ2) is 10.6. The van der Waals surface area contributed by atoms with Gasteiger partial charge in [0.15, 0.2) is 0 Å². The molecule has 1 radical (unpaired) electrons. The van der Waals surface area contributed by atoms with Crippen molar-refractivity contribution in [2.24, 2.45) is 0 Å². The first kappa shape index (κ1) is 26.3. The Kier molecular flexibility index (Phi) is 17.4. The third-order valence-electron chi connectivity index (χ3n) is 0. The summed E-state index contributed by atoms with van der Waals surface area (Å²) < 4.78 is 26.3. The second-order valence-corrected chi connectivity index (χ2v) is 4.42. The first-order valence-corrected chi connectivity index (χ1v) is 6.89. The molecule has 0 aromatic heterocycles. The summed E-state index contributed by atoms with van der Waals surface area (Å²) in [7, 11) is -14.7. The normalized spacial score (nSPS) is 11.1. The zero-order chi connectivity index (χ0) is 13.5. The van der Waals surface area contributed by atoms with Gasteiger partial charge in [-0.1, -0.05) is 0 Å². The summed E-state index contributed by atoms with van der Waals surface area (Å²) in [4.78, 5) is 68.8. The van der Waals surface area contributed by atoms with E-state index in [1.807, 2.05) is 0 Å². The fourth-order valence-corrected chi connectivity index (χ4v) is 0. The molecule has 0 aromatic rings. The van der Waals surface area contributed by atoms with Crippen molar-refractivity contribution in [1.29, 1.82) is 0 Å². The predicted octanol–water partition coefficient (Wildman–Crippen LogP) is -4.68. The van der Waals surface area contributed by atoms with Crippen LogP contribution in [0.1, 0.15) is 0 Å². The molecule has 0 saturated carbocycles. The summed E-state index contributed by atoms with van der Waals surface area (Å²) >= 11 is 0. The number of hydrogen-bond donors (Lipinski definition) is 6. The van der Waals surface area contributed by atoms with Gasteiger partial charge in [0.05, 0.1) is 0 Å². The van der Waals surface area contributed by atoms with Crippen molar-refractivity contribution in [3.8, 4) is 0 Å². The first-order valence-electron chi connectivity index (χ1n) is 2.30. The van der Waals surface area contributed by atoms with Gasteiger partial charge in [0.1, 0.15) is 0 Å². The summed E-state index contributed by atoms with van der Waals surface area (Å²) in [6.07, 6.45) is 0. The number of hydrogen-bond acceptors (Lipinski definition) is 6. The molecule has 99 valence electrons. The van der Waals surface area contributed by atoms with Gasteiger partial charge in [-0.3, -0.25) is 13.7 Å². The van der Waals surface area contributed by atoms with Crippen LogP contribution in [0.25, 0.3) is 0 Å². The average Bonchev–Trinajstić information content (AvgIpc) is 1.41. The molecule has 0 fully saturated rings. The molecule has 6 N–H and O–H groups in total. The van der Waals surface area contributed by atoms with Crippen LogP contribution in [-0.4, -0.2) is 29.4 Å². The molecule has 16 heteroatoms. The van der Waals surface area contributed by atoms with Crippen molar-refractivity contribution >= 4 is 23.5 Å². The first-order chi connectivity index (χ1) is 6.00. The summed E-state index contributed by atoms with van der Waals surface area (Å²) in [6, 6.07) is 0. The van der Waals surface area contributed by atoms with E-state index in [4.69, 9.17) is 57.7 Å². The van der Waals surface area contributed by atoms with E-state index in [-0.39, 0.29) is 40.4 Å². The quantitative estimate of drug-likeness (QED) is 0.194. The summed E-state index contributed by atoms with van der Waals surface area (Å²) in [5.41, 5.74) is 0. The summed E-state index contributed by atoms with van der Waals surface area (Å²) in [6.45, 7) is 0. The Morgan fingerprint density at radius 2 is 0.562 bits per heavy atom. The molecule has 0 atom stereocenters. The van der Waals surface area contributed by atoms with Gasteiger partial charge in [-0.15, -0.1) is 0 Å². The van der Waals surface area contributed by atoms with Crippen LogP contribution in [0.3, 0.4) is 0 Å². The van der Waals surface area contributed by atoms with E-state index < -0.39 is 23.5 Å². The van der Waals surface area contributed by atoms with Crippen LogP contribution < -0.4 is 14.7 Å². The SMILES string of the molecule is O=P([O-])(O)O.O=P([O-])(O)O.O=P([O-])(O)O.[Sm+3]. The van der Waals surface area contributed by atoms with E-state index in [1.54, 1.807) is 0 Å². The van der Waals surface area contributed by atoms with Gasteiger partial charge in [0.2, 0.25) is 0 Å². The molecule has 0 aliphatic rings. The fraction of sp³-hybridized carbons (Fsp3) is 0. The van der Waals surface area contributed by atoms with Gasteiger partial charge in [-0.05, 0) is 0 Å². The Bertz CT molecular complexity index is 202. The predicted molar refractivity (Wildman–Crippen MR) is 36.1 cm³/mol. The third kappa shape index (κ3) is 1210. The van der Waals surface area contributed by atoms with Gasteiger partial charge < -0.3 is 44.0 Å². The van der Waals surface area contributed by atoms with E-state index in [1.165, 1.54) is 0 Å². The Morgan fingerprint density at radius 1 is 0.562 bits per heavy atom. The van der Waals surface area contributed by atoms with Gasteiger partial charge in [0, 0.05) is 0 Å². The van der Waals surface area contributed by atoms with Crippen molar-refractivity contribution < 1.29 is 98.1 Å². The maximum absolute atomic E-state index is 8.77. The molecule has 0 aliphatic carbocycles. The van der Waals surface area contributed by atoms with Gasteiger partial charge in [-0.2, -0.15) is 0 Å². The summed E-state index contributed by atoms with van der Waals surface area (Å²) in [5.74, 6) is 0. The molecule has 0 bridgehead atoms.